The molecule has 0 atom stereocenters. The highest BCUT2D eigenvalue weighted by atomic mass is 16.2. The molecule has 0 saturated carbocycles. The number of amides is 2. The first-order chi connectivity index (χ1) is 15.9. The van der Waals surface area contributed by atoms with Gasteiger partial charge in [0.15, 0.2) is 0 Å². The molecular weight excluding hydrogens is 412 g/mol. The van der Waals surface area contributed by atoms with E-state index < -0.39 is 0 Å². The Hall–Kier alpha value is -2.73. The molecule has 0 unspecified atom stereocenters. The summed E-state index contributed by atoms with van der Waals surface area (Å²) < 4.78 is 0. The third-order valence-electron chi connectivity index (χ3n) is 6.09. The third kappa shape index (κ3) is 7.67. The summed E-state index contributed by atoms with van der Waals surface area (Å²) in [6, 6.07) is 9.57. The van der Waals surface area contributed by atoms with Gasteiger partial charge < -0.3 is 10.2 Å². The van der Waals surface area contributed by atoms with Crippen molar-refractivity contribution < 1.29 is 9.59 Å². The van der Waals surface area contributed by atoms with Gasteiger partial charge in [-0.25, -0.2) is 0 Å². The van der Waals surface area contributed by atoms with Gasteiger partial charge in [-0.05, 0) is 66.8 Å². The molecule has 1 N–H and O–H groups in total. The summed E-state index contributed by atoms with van der Waals surface area (Å²) in [5.41, 5.74) is 3.61. The first kappa shape index (κ1) is 24.9. The van der Waals surface area contributed by atoms with Crippen molar-refractivity contribution >= 4 is 17.5 Å². The predicted octanol–water partition coefficient (Wildman–Crippen LogP) is 4.79. The summed E-state index contributed by atoms with van der Waals surface area (Å²) in [5, 5.41) is 3.01. The van der Waals surface area contributed by atoms with Crippen LogP contribution in [0.1, 0.15) is 74.4 Å². The molecular formula is C27H38N4O2. The summed E-state index contributed by atoms with van der Waals surface area (Å²) in [7, 11) is 0. The summed E-state index contributed by atoms with van der Waals surface area (Å²) in [6.45, 7) is 10.1. The highest BCUT2D eigenvalue weighted by Crippen LogP contribution is 2.26. The maximum Gasteiger partial charge on any atom is 0.251 e. The molecule has 1 aliphatic heterocycles. The van der Waals surface area contributed by atoms with Crippen LogP contribution in [-0.4, -0.2) is 41.3 Å². The molecule has 6 nitrogen and oxygen atoms in total. The van der Waals surface area contributed by atoms with Crippen LogP contribution in [0.2, 0.25) is 0 Å². The van der Waals surface area contributed by atoms with Crippen molar-refractivity contribution in [2.75, 3.05) is 24.5 Å². The molecule has 0 fully saturated rings. The molecule has 2 amide bonds. The number of rotatable bonds is 5. The Bertz CT molecular complexity index is 914. The van der Waals surface area contributed by atoms with Crippen molar-refractivity contribution in [2.24, 2.45) is 5.92 Å². The number of anilines is 1. The van der Waals surface area contributed by atoms with Crippen molar-refractivity contribution in [3.8, 4) is 0 Å². The Labute approximate surface area is 198 Å². The van der Waals surface area contributed by atoms with Crippen molar-refractivity contribution in [1.29, 1.82) is 0 Å². The third-order valence-corrected chi connectivity index (χ3v) is 6.09. The average Bonchev–Trinajstić information content (AvgIpc) is 2.78. The Morgan fingerprint density at radius 3 is 2.39 bits per heavy atom. The van der Waals surface area contributed by atoms with E-state index in [0.29, 0.717) is 18.0 Å². The van der Waals surface area contributed by atoms with Crippen molar-refractivity contribution in [1.82, 2.24) is 15.2 Å². The van der Waals surface area contributed by atoms with Gasteiger partial charge in [0.05, 0.1) is 0 Å². The lowest BCUT2D eigenvalue weighted by Gasteiger charge is -2.30. The van der Waals surface area contributed by atoms with Crippen LogP contribution >= 0.6 is 0 Å². The minimum absolute atomic E-state index is 0.0543. The quantitative estimate of drug-likeness (QED) is 0.712. The zero-order chi connectivity index (χ0) is 23.6. The van der Waals surface area contributed by atoms with Gasteiger partial charge in [0, 0.05) is 56.7 Å². The Kier molecular flexibility index (Phi) is 9.43. The first-order valence-corrected chi connectivity index (χ1v) is 12.2. The van der Waals surface area contributed by atoms with E-state index in [9.17, 15) is 9.59 Å². The van der Waals surface area contributed by atoms with E-state index in [0.717, 1.165) is 55.8 Å². The Morgan fingerprint density at radius 1 is 1.00 bits per heavy atom. The van der Waals surface area contributed by atoms with Crippen LogP contribution in [0, 0.1) is 5.92 Å². The molecule has 3 rings (SSSR count). The normalized spacial score (nSPS) is 15.9. The second-order valence-corrected chi connectivity index (χ2v) is 9.45. The summed E-state index contributed by atoms with van der Waals surface area (Å²) in [4.78, 5) is 33.9. The largest absolute Gasteiger partial charge is 0.348 e. The Morgan fingerprint density at radius 2 is 1.70 bits per heavy atom. The SMILES string of the molecule is CC(=O)N1CCCCCCCN(CC(C)C)Cc2cc(C(=O)NCc3ccncc3)ccc21. The number of benzene rings is 1. The molecule has 33 heavy (non-hydrogen) atoms. The molecule has 1 aromatic heterocycles. The molecule has 0 saturated heterocycles. The maximum atomic E-state index is 12.9. The summed E-state index contributed by atoms with van der Waals surface area (Å²) >= 11 is 0. The van der Waals surface area contributed by atoms with Gasteiger partial charge in [-0.2, -0.15) is 0 Å². The fourth-order valence-electron chi connectivity index (χ4n) is 4.48. The number of carbonyl (C=O) groups excluding carboxylic acids is 2. The molecule has 0 spiro atoms. The standard InChI is InChI=1S/C27H38N4O2/c1-21(2)19-30-15-7-5-4-6-8-16-31(22(3)32)26-10-9-24(17-25(26)20-30)27(33)29-18-23-11-13-28-14-12-23/h9-14,17,21H,4-8,15-16,18-20H2,1-3H3,(H,29,33). The average molecular weight is 451 g/mol. The van der Waals surface area contributed by atoms with Crippen LogP contribution in [0.5, 0.6) is 0 Å². The lowest BCUT2D eigenvalue weighted by Crippen LogP contribution is -2.34. The number of hydrogen-bond acceptors (Lipinski definition) is 4. The number of nitrogens with one attached hydrogen (secondary N) is 1. The molecule has 2 heterocycles. The first-order valence-electron chi connectivity index (χ1n) is 12.2. The molecule has 1 aliphatic rings. The maximum absolute atomic E-state index is 12.9. The minimum atomic E-state index is -0.106. The molecule has 0 aliphatic carbocycles. The van der Waals surface area contributed by atoms with Crippen molar-refractivity contribution in [2.45, 2.75) is 66.0 Å². The van der Waals surface area contributed by atoms with Crippen LogP contribution < -0.4 is 10.2 Å². The summed E-state index contributed by atoms with van der Waals surface area (Å²) in [5.74, 6) is 0.501. The van der Waals surface area contributed by atoms with E-state index in [1.807, 2.05) is 35.2 Å². The minimum Gasteiger partial charge on any atom is -0.348 e. The van der Waals surface area contributed by atoms with Gasteiger partial charge in [0.2, 0.25) is 5.91 Å². The molecule has 2 aromatic rings. The molecule has 0 radical (unpaired) electrons. The molecule has 0 bridgehead atoms. The lowest BCUT2D eigenvalue weighted by molar-refractivity contribution is -0.116. The van der Waals surface area contributed by atoms with Crippen LogP contribution in [0.15, 0.2) is 42.7 Å². The zero-order valence-electron chi connectivity index (χ0n) is 20.3. The van der Waals surface area contributed by atoms with Gasteiger partial charge in [-0.1, -0.05) is 33.1 Å². The number of fused-ring (bicyclic) bond motifs is 1. The smallest absolute Gasteiger partial charge is 0.251 e. The van der Waals surface area contributed by atoms with Crippen molar-refractivity contribution in [3.63, 3.8) is 0 Å². The van der Waals surface area contributed by atoms with E-state index in [-0.39, 0.29) is 11.8 Å². The number of pyridine rings is 1. The fraction of sp³-hybridized carbons (Fsp3) is 0.519. The van der Waals surface area contributed by atoms with Gasteiger partial charge in [0.1, 0.15) is 0 Å². The van der Waals surface area contributed by atoms with Gasteiger partial charge in [0.25, 0.3) is 5.91 Å². The monoisotopic (exact) mass is 450 g/mol. The second-order valence-electron chi connectivity index (χ2n) is 9.45. The lowest BCUT2D eigenvalue weighted by atomic mass is 10.0. The van der Waals surface area contributed by atoms with Crippen LogP contribution in [0.25, 0.3) is 0 Å². The fourth-order valence-corrected chi connectivity index (χ4v) is 4.48. The molecule has 178 valence electrons. The predicted molar refractivity (Wildman–Crippen MR) is 133 cm³/mol. The zero-order valence-corrected chi connectivity index (χ0v) is 20.3. The number of carbonyl (C=O) groups is 2. The highest BCUT2D eigenvalue weighted by Gasteiger charge is 2.20. The van der Waals surface area contributed by atoms with Crippen LogP contribution in [-0.2, 0) is 17.9 Å². The topological polar surface area (TPSA) is 65.5 Å². The summed E-state index contributed by atoms with van der Waals surface area (Å²) in [6.07, 6.45) is 9.21. The van der Waals surface area contributed by atoms with Gasteiger partial charge in [-0.15, -0.1) is 0 Å². The number of hydrogen-bond donors (Lipinski definition) is 1. The van der Waals surface area contributed by atoms with Crippen molar-refractivity contribution in [3.05, 3.63) is 59.4 Å². The van der Waals surface area contributed by atoms with E-state index >= 15 is 0 Å². The van der Waals surface area contributed by atoms with E-state index in [2.05, 4.69) is 29.0 Å². The number of nitrogens with zero attached hydrogens (tertiary/aromatic N) is 3. The van der Waals surface area contributed by atoms with Gasteiger partial charge in [-0.3, -0.25) is 19.5 Å². The Balaban J connectivity index is 1.88. The van der Waals surface area contributed by atoms with E-state index in [4.69, 9.17) is 0 Å². The molecule has 1 aromatic carbocycles. The van der Waals surface area contributed by atoms with E-state index in [1.54, 1.807) is 19.3 Å². The second kappa shape index (κ2) is 12.5. The van der Waals surface area contributed by atoms with E-state index in [1.165, 1.54) is 19.3 Å². The highest BCUT2D eigenvalue weighted by molar-refractivity contribution is 5.97. The van der Waals surface area contributed by atoms with Crippen LogP contribution in [0.3, 0.4) is 0 Å². The van der Waals surface area contributed by atoms with Gasteiger partial charge >= 0.3 is 0 Å². The molecule has 6 heteroatoms. The van der Waals surface area contributed by atoms with Crippen LogP contribution in [0.4, 0.5) is 5.69 Å². The number of aromatic nitrogens is 1.